The molecule has 0 aliphatic carbocycles. The van der Waals surface area contributed by atoms with E-state index in [2.05, 4.69) is 0 Å². The summed E-state index contributed by atoms with van der Waals surface area (Å²) in [5.41, 5.74) is 1.24. The van der Waals surface area contributed by atoms with E-state index in [1.165, 1.54) is 0 Å². The maximum Gasteiger partial charge on any atom is 0.494 e. The lowest BCUT2D eigenvalue weighted by atomic mass is 9.79. The fourth-order valence-electron chi connectivity index (χ4n) is 3.50. The van der Waals surface area contributed by atoms with Crippen LogP contribution in [0, 0.1) is 5.92 Å². The van der Waals surface area contributed by atoms with E-state index in [4.69, 9.17) is 9.31 Å². The first-order valence-corrected chi connectivity index (χ1v) is 9.55. The van der Waals surface area contributed by atoms with Gasteiger partial charge in [0, 0.05) is 19.7 Å². The molecule has 0 saturated carbocycles. The number of nitrogens with zero attached hydrogens (tertiary/aromatic N) is 1. The molecule has 0 bridgehead atoms. The smallest absolute Gasteiger partial charge is 0.399 e. The average molecular weight is 359 g/mol. The van der Waals surface area contributed by atoms with Crippen molar-refractivity contribution in [1.82, 2.24) is 4.90 Å². The summed E-state index contributed by atoms with van der Waals surface area (Å²) in [6.07, 6.45) is 2.36. The standard InChI is InChI=1S/C20H30BNO4/c1-19(2)20(3,4)26-21(25-19)17-9-7-15(8-10-17)12-18(24)22-11-5-6-16(13-22)14-23/h7-10,16,23H,5-6,11-14H2,1-4H3. The number of aliphatic hydroxyl groups is 1. The lowest BCUT2D eigenvalue weighted by Gasteiger charge is -2.32. The highest BCUT2D eigenvalue weighted by Crippen LogP contribution is 2.36. The van der Waals surface area contributed by atoms with Crippen molar-refractivity contribution >= 4 is 18.5 Å². The third-order valence-corrected chi connectivity index (χ3v) is 5.99. The highest BCUT2D eigenvalue weighted by atomic mass is 16.7. The van der Waals surface area contributed by atoms with Gasteiger partial charge in [0.25, 0.3) is 0 Å². The number of aliphatic hydroxyl groups excluding tert-OH is 1. The fraction of sp³-hybridized carbons (Fsp3) is 0.650. The van der Waals surface area contributed by atoms with E-state index < -0.39 is 0 Å². The van der Waals surface area contributed by atoms with Crippen molar-refractivity contribution in [3.63, 3.8) is 0 Å². The van der Waals surface area contributed by atoms with E-state index in [1.54, 1.807) is 0 Å². The fourth-order valence-corrected chi connectivity index (χ4v) is 3.50. The average Bonchev–Trinajstić information content (AvgIpc) is 2.83. The molecule has 1 unspecified atom stereocenters. The zero-order valence-electron chi connectivity index (χ0n) is 16.3. The summed E-state index contributed by atoms with van der Waals surface area (Å²) < 4.78 is 12.1. The van der Waals surface area contributed by atoms with Gasteiger partial charge in [0.05, 0.1) is 17.6 Å². The molecule has 1 amide bonds. The normalized spacial score (nSPS) is 24.7. The first-order valence-electron chi connectivity index (χ1n) is 9.55. The van der Waals surface area contributed by atoms with E-state index in [9.17, 15) is 9.90 Å². The quantitative estimate of drug-likeness (QED) is 0.833. The molecule has 0 radical (unpaired) electrons. The van der Waals surface area contributed by atoms with Gasteiger partial charge in [-0.1, -0.05) is 24.3 Å². The molecule has 6 heteroatoms. The van der Waals surface area contributed by atoms with Crippen molar-refractivity contribution in [2.45, 2.75) is 58.2 Å². The number of benzene rings is 1. The Morgan fingerprint density at radius 2 is 1.81 bits per heavy atom. The lowest BCUT2D eigenvalue weighted by molar-refractivity contribution is -0.132. The molecule has 1 N–H and O–H groups in total. The molecule has 1 aromatic carbocycles. The number of carbonyl (C=O) groups excluding carboxylic acids is 1. The topological polar surface area (TPSA) is 59.0 Å². The van der Waals surface area contributed by atoms with E-state index in [-0.39, 0.29) is 36.8 Å². The van der Waals surface area contributed by atoms with Crippen molar-refractivity contribution in [3.8, 4) is 0 Å². The van der Waals surface area contributed by atoms with Gasteiger partial charge in [-0.05, 0) is 57.5 Å². The summed E-state index contributed by atoms with van der Waals surface area (Å²) in [6, 6.07) is 7.92. The number of carbonyl (C=O) groups is 1. The van der Waals surface area contributed by atoms with Crippen LogP contribution in [0.5, 0.6) is 0 Å². The van der Waals surface area contributed by atoms with Gasteiger partial charge in [-0.15, -0.1) is 0 Å². The summed E-state index contributed by atoms with van der Waals surface area (Å²) >= 11 is 0. The highest BCUT2D eigenvalue weighted by Gasteiger charge is 2.51. The van der Waals surface area contributed by atoms with Gasteiger partial charge < -0.3 is 19.3 Å². The molecule has 2 aliphatic heterocycles. The Balaban J connectivity index is 1.61. The molecular formula is C20H30BNO4. The van der Waals surface area contributed by atoms with Crippen molar-refractivity contribution in [3.05, 3.63) is 29.8 Å². The molecule has 26 heavy (non-hydrogen) atoms. The Hall–Kier alpha value is -1.37. The second-order valence-electron chi connectivity index (χ2n) is 8.54. The number of amides is 1. The van der Waals surface area contributed by atoms with E-state index in [0.29, 0.717) is 13.0 Å². The Labute approximate surface area is 156 Å². The summed E-state index contributed by atoms with van der Waals surface area (Å²) in [7, 11) is -0.378. The highest BCUT2D eigenvalue weighted by molar-refractivity contribution is 6.62. The summed E-state index contributed by atoms with van der Waals surface area (Å²) in [5.74, 6) is 0.352. The first kappa shape index (κ1) is 19.4. The monoisotopic (exact) mass is 359 g/mol. The van der Waals surface area contributed by atoms with Gasteiger partial charge in [-0.3, -0.25) is 4.79 Å². The van der Waals surface area contributed by atoms with Crippen molar-refractivity contribution in [2.24, 2.45) is 5.92 Å². The summed E-state index contributed by atoms with van der Waals surface area (Å²) in [5, 5.41) is 9.33. The predicted molar refractivity (Wildman–Crippen MR) is 102 cm³/mol. The van der Waals surface area contributed by atoms with Crippen LogP contribution in [0.15, 0.2) is 24.3 Å². The number of hydrogen-bond donors (Lipinski definition) is 1. The Kier molecular flexibility index (Phi) is 5.47. The predicted octanol–water partition coefficient (Wildman–Crippen LogP) is 1.76. The Bertz CT molecular complexity index is 628. The molecule has 2 heterocycles. The minimum Gasteiger partial charge on any atom is -0.399 e. The first-order chi connectivity index (χ1) is 12.2. The number of hydrogen-bond acceptors (Lipinski definition) is 4. The van der Waals surface area contributed by atoms with Gasteiger partial charge in [0.1, 0.15) is 0 Å². The second kappa shape index (κ2) is 7.33. The van der Waals surface area contributed by atoms with Crippen molar-refractivity contribution < 1.29 is 19.2 Å². The molecule has 0 spiro atoms. The van der Waals surface area contributed by atoms with Crippen molar-refractivity contribution in [1.29, 1.82) is 0 Å². The molecule has 2 aliphatic rings. The molecule has 2 saturated heterocycles. The van der Waals surface area contributed by atoms with Gasteiger partial charge >= 0.3 is 7.12 Å². The van der Waals surface area contributed by atoms with E-state index in [1.807, 2.05) is 56.9 Å². The Morgan fingerprint density at radius 3 is 2.38 bits per heavy atom. The molecular weight excluding hydrogens is 329 g/mol. The third-order valence-electron chi connectivity index (χ3n) is 5.99. The second-order valence-corrected chi connectivity index (χ2v) is 8.54. The molecule has 142 valence electrons. The zero-order valence-corrected chi connectivity index (χ0v) is 16.3. The van der Waals surface area contributed by atoms with Crippen LogP contribution in [-0.4, -0.2) is 53.9 Å². The third kappa shape index (κ3) is 3.97. The maximum absolute atomic E-state index is 12.5. The van der Waals surface area contributed by atoms with Crippen LogP contribution in [0.3, 0.4) is 0 Å². The molecule has 2 fully saturated rings. The van der Waals surface area contributed by atoms with Crippen LogP contribution in [0.4, 0.5) is 0 Å². The molecule has 1 aromatic rings. The van der Waals surface area contributed by atoms with Crippen molar-refractivity contribution in [2.75, 3.05) is 19.7 Å². The van der Waals surface area contributed by atoms with Crippen LogP contribution in [0.2, 0.25) is 0 Å². The van der Waals surface area contributed by atoms with Crippen LogP contribution in [0.25, 0.3) is 0 Å². The van der Waals surface area contributed by atoms with Crippen LogP contribution < -0.4 is 5.46 Å². The van der Waals surface area contributed by atoms with Crippen LogP contribution in [0.1, 0.15) is 46.1 Å². The van der Waals surface area contributed by atoms with Gasteiger partial charge in [0.15, 0.2) is 0 Å². The molecule has 5 nitrogen and oxygen atoms in total. The summed E-state index contributed by atoms with van der Waals surface area (Å²) in [6.45, 7) is 9.78. The number of rotatable bonds is 4. The van der Waals surface area contributed by atoms with Gasteiger partial charge in [-0.2, -0.15) is 0 Å². The minimum atomic E-state index is -0.378. The summed E-state index contributed by atoms with van der Waals surface area (Å²) in [4.78, 5) is 14.4. The number of likely N-dealkylation sites (tertiary alicyclic amines) is 1. The van der Waals surface area contributed by atoms with Gasteiger partial charge in [0.2, 0.25) is 5.91 Å². The number of piperidine rings is 1. The lowest BCUT2D eigenvalue weighted by Crippen LogP contribution is -2.41. The Morgan fingerprint density at radius 1 is 1.19 bits per heavy atom. The molecule has 1 atom stereocenters. The molecule has 0 aromatic heterocycles. The van der Waals surface area contributed by atoms with E-state index >= 15 is 0 Å². The van der Waals surface area contributed by atoms with Crippen LogP contribution >= 0.6 is 0 Å². The van der Waals surface area contributed by atoms with Gasteiger partial charge in [-0.25, -0.2) is 0 Å². The SMILES string of the molecule is CC1(C)OB(c2ccc(CC(=O)N3CCCC(CO)C3)cc2)OC1(C)C. The zero-order chi connectivity index (χ0) is 18.9. The largest absolute Gasteiger partial charge is 0.494 e. The minimum absolute atomic E-state index is 0.131. The van der Waals surface area contributed by atoms with E-state index in [0.717, 1.165) is 30.4 Å². The van der Waals surface area contributed by atoms with Crippen LogP contribution in [-0.2, 0) is 20.5 Å². The molecule has 3 rings (SSSR count). The maximum atomic E-state index is 12.5.